The largest absolute Gasteiger partial charge is 0.379 e. The van der Waals surface area contributed by atoms with Crippen molar-refractivity contribution in [2.24, 2.45) is 5.92 Å². The fraction of sp³-hybridized carbons (Fsp3) is 0.417. The molecule has 1 N–H and O–H groups in total. The summed E-state index contributed by atoms with van der Waals surface area (Å²) in [6, 6.07) is 7.54. The van der Waals surface area contributed by atoms with Crippen LogP contribution in [0.5, 0.6) is 0 Å². The van der Waals surface area contributed by atoms with Gasteiger partial charge in [0.25, 0.3) is 0 Å². The maximum Gasteiger partial charge on any atom is 0.243 e. The van der Waals surface area contributed by atoms with Crippen LogP contribution in [0.4, 0.5) is 13.2 Å². The van der Waals surface area contributed by atoms with E-state index in [1.165, 1.54) is 18.5 Å². The number of imidazole rings is 1. The smallest absolute Gasteiger partial charge is 0.243 e. The molecule has 33 heavy (non-hydrogen) atoms. The summed E-state index contributed by atoms with van der Waals surface area (Å²) in [5.41, 5.74) is 1.39. The molecule has 3 aromatic rings. The van der Waals surface area contributed by atoms with Gasteiger partial charge in [0.05, 0.1) is 36.6 Å². The van der Waals surface area contributed by atoms with Gasteiger partial charge in [-0.05, 0) is 23.6 Å². The van der Waals surface area contributed by atoms with Crippen molar-refractivity contribution >= 4 is 16.9 Å². The summed E-state index contributed by atoms with van der Waals surface area (Å²) < 4.78 is 48.4. The monoisotopic (exact) mass is 460 g/mol. The van der Waals surface area contributed by atoms with Crippen LogP contribution in [0, 0.1) is 23.4 Å². The molecular weight excluding hydrogens is 433 g/mol. The van der Waals surface area contributed by atoms with Gasteiger partial charge in [0.15, 0.2) is 11.6 Å². The maximum absolute atomic E-state index is 13.9. The minimum absolute atomic E-state index is 0.147. The van der Waals surface area contributed by atoms with Crippen LogP contribution in [0.25, 0.3) is 11.0 Å². The van der Waals surface area contributed by atoms with Crippen molar-refractivity contribution in [3.8, 4) is 0 Å². The van der Waals surface area contributed by atoms with Gasteiger partial charge in [-0.1, -0.05) is 26.0 Å². The predicted octanol–water partition coefficient (Wildman–Crippen LogP) is 3.84. The zero-order valence-electron chi connectivity index (χ0n) is 18.6. The Hall–Kier alpha value is -2.91. The van der Waals surface area contributed by atoms with E-state index >= 15 is 0 Å². The molecule has 2 heterocycles. The van der Waals surface area contributed by atoms with Crippen molar-refractivity contribution in [1.29, 1.82) is 0 Å². The Morgan fingerprint density at radius 3 is 2.55 bits per heavy atom. The molecule has 2 atom stereocenters. The van der Waals surface area contributed by atoms with E-state index in [1.54, 1.807) is 10.6 Å². The second kappa shape index (κ2) is 9.93. The molecule has 0 saturated carbocycles. The number of hydrogen-bond donors (Lipinski definition) is 1. The molecule has 176 valence electrons. The van der Waals surface area contributed by atoms with E-state index in [0.29, 0.717) is 31.8 Å². The first-order valence-corrected chi connectivity index (χ1v) is 11.0. The number of halogens is 3. The second-order valence-corrected chi connectivity index (χ2v) is 8.56. The Balaban J connectivity index is 1.58. The molecule has 1 aromatic heterocycles. The highest BCUT2D eigenvalue weighted by Crippen LogP contribution is 2.27. The minimum atomic E-state index is -0.995. The quantitative estimate of drug-likeness (QED) is 0.582. The van der Waals surface area contributed by atoms with E-state index in [9.17, 15) is 18.0 Å². The average molecular weight is 461 g/mol. The number of amides is 1. The van der Waals surface area contributed by atoms with Gasteiger partial charge >= 0.3 is 0 Å². The topological polar surface area (TPSA) is 59.4 Å². The van der Waals surface area contributed by atoms with Gasteiger partial charge in [0, 0.05) is 31.8 Å². The number of nitrogens with one attached hydrogen (secondary N) is 1. The van der Waals surface area contributed by atoms with Crippen LogP contribution in [0.15, 0.2) is 42.7 Å². The van der Waals surface area contributed by atoms with Gasteiger partial charge in [-0.2, -0.15) is 0 Å². The van der Waals surface area contributed by atoms with E-state index in [1.807, 2.05) is 19.9 Å². The number of carbonyl (C=O) groups excluding carboxylic acids is 1. The molecule has 0 spiro atoms. The van der Waals surface area contributed by atoms with Gasteiger partial charge < -0.3 is 14.6 Å². The first-order chi connectivity index (χ1) is 15.8. The van der Waals surface area contributed by atoms with Crippen molar-refractivity contribution < 1.29 is 22.7 Å². The molecule has 0 bridgehead atoms. The average Bonchev–Trinajstić information content (AvgIpc) is 3.17. The molecule has 1 fully saturated rings. The highest BCUT2D eigenvalue weighted by atomic mass is 19.2. The Labute approximate surface area is 190 Å². The summed E-state index contributed by atoms with van der Waals surface area (Å²) in [5.74, 6) is -2.74. The van der Waals surface area contributed by atoms with E-state index in [0.717, 1.165) is 17.7 Å². The summed E-state index contributed by atoms with van der Waals surface area (Å²) in [6.07, 6.45) is 1.43. The van der Waals surface area contributed by atoms with Crippen LogP contribution < -0.4 is 5.32 Å². The van der Waals surface area contributed by atoms with Crippen LogP contribution in [0.3, 0.4) is 0 Å². The van der Waals surface area contributed by atoms with Crippen molar-refractivity contribution in [2.45, 2.75) is 25.9 Å². The lowest BCUT2D eigenvalue weighted by Crippen LogP contribution is -2.45. The van der Waals surface area contributed by atoms with Crippen LogP contribution in [-0.4, -0.2) is 53.2 Å². The first kappa shape index (κ1) is 23.3. The highest BCUT2D eigenvalue weighted by molar-refractivity contribution is 5.84. The zero-order chi connectivity index (χ0) is 23.5. The number of fused-ring (bicyclic) bond motifs is 1. The molecule has 1 aliphatic rings. The number of morpholine rings is 1. The molecule has 9 heteroatoms. The highest BCUT2D eigenvalue weighted by Gasteiger charge is 2.29. The van der Waals surface area contributed by atoms with Crippen molar-refractivity contribution in [3.63, 3.8) is 0 Å². The molecule has 2 unspecified atom stereocenters. The molecule has 6 nitrogen and oxygen atoms in total. The van der Waals surface area contributed by atoms with E-state index in [4.69, 9.17) is 4.74 Å². The van der Waals surface area contributed by atoms with E-state index in [-0.39, 0.29) is 35.7 Å². The van der Waals surface area contributed by atoms with Gasteiger partial charge in [-0.25, -0.2) is 18.2 Å². The van der Waals surface area contributed by atoms with Gasteiger partial charge in [-0.3, -0.25) is 9.69 Å². The number of aromatic nitrogens is 2. The van der Waals surface area contributed by atoms with Crippen molar-refractivity contribution in [3.05, 3.63) is 65.7 Å². The standard InChI is InChI=1S/C24H27F3N4O2/c1-15(2)23(31-14-29-20-11-18(26)19(27)12-21(20)31)24(32)28-13-22(30-6-8-33-9-7-30)16-4-3-5-17(25)10-16/h3-5,10-12,14-15,22-23H,6-9,13H2,1-2H3,(H,28,32). The van der Waals surface area contributed by atoms with Gasteiger partial charge in [0.2, 0.25) is 5.91 Å². The summed E-state index contributed by atoms with van der Waals surface area (Å²) in [7, 11) is 0. The number of carbonyl (C=O) groups is 1. The molecular formula is C24H27F3N4O2. The van der Waals surface area contributed by atoms with Crippen molar-refractivity contribution in [2.75, 3.05) is 32.8 Å². The number of benzene rings is 2. The fourth-order valence-corrected chi connectivity index (χ4v) is 4.36. The Morgan fingerprint density at radius 2 is 1.85 bits per heavy atom. The molecule has 1 saturated heterocycles. The minimum Gasteiger partial charge on any atom is -0.379 e. The summed E-state index contributed by atoms with van der Waals surface area (Å²) >= 11 is 0. The van der Waals surface area contributed by atoms with E-state index in [2.05, 4.69) is 15.2 Å². The zero-order valence-corrected chi connectivity index (χ0v) is 18.6. The first-order valence-electron chi connectivity index (χ1n) is 11.0. The van der Waals surface area contributed by atoms with Crippen molar-refractivity contribution in [1.82, 2.24) is 19.8 Å². The van der Waals surface area contributed by atoms with Crippen LogP contribution in [0.1, 0.15) is 31.5 Å². The fourth-order valence-electron chi connectivity index (χ4n) is 4.36. The summed E-state index contributed by atoms with van der Waals surface area (Å²) in [4.78, 5) is 19.6. The summed E-state index contributed by atoms with van der Waals surface area (Å²) in [6.45, 7) is 6.49. The molecule has 0 aliphatic carbocycles. The maximum atomic E-state index is 13.9. The number of ether oxygens (including phenoxy) is 1. The molecule has 0 radical (unpaired) electrons. The number of hydrogen-bond acceptors (Lipinski definition) is 4. The lowest BCUT2D eigenvalue weighted by molar-refractivity contribution is -0.125. The van der Waals surface area contributed by atoms with Crippen LogP contribution >= 0.6 is 0 Å². The third-order valence-electron chi connectivity index (χ3n) is 6.01. The number of rotatable bonds is 7. The van der Waals surface area contributed by atoms with Crippen LogP contribution in [0.2, 0.25) is 0 Å². The molecule has 1 amide bonds. The lowest BCUT2D eigenvalue weighted by atomic mass is 10.0. The Kier molecular flexibility index (Phi) is 6.99. The lowest BCUT2D eigenvalue weighted by Gasteiger charge is -2.35. The third-order valence-corrected chi connectivity index (χ3v) is 6.01. The normalized spacial score (nSPS) is 16.8. The predicted molar refractivity (Wildman–Crippen MR) is 118 cm³/mol. The molecule has 2 aromatic carbocycles. The SMILES string of the molecule is CC(C)C(C(=O)NCC(c1cccc(F)c1)N1CCOCC1)n1cnc2cc(F)c(F)cc21. The Morgan fingerprint density at radius 1 is 1.12 bits per heavy atom. The van der Waals surface area contributed by atoms with Crippen LogP contribution in [-0.2, 0) is 9.53 Å². The third kappa shape index (κ3) is 5.04. The van der Waals surface area contributed by atoms with E-state index < -0.39 is 17.7 Å². The summed E-state index contributed by atoms with van der Waals surface area (Å²) in [5, 5.41) is 3.00. The molecule has 4 rings (SSSR count). The van der Waals surface area contributed by atoms with Gasteiger partial charge in [-0.15, -0.1) is 0 Å². The second-order valence-electron chi connectivity index (χ2n) is 8.56. The molecule has 1 aliphatic heterocycles. The Bertz CT molecular complexity index is 1130. The van der Waals surface area contributed by atoms with Gasteiger partial charge in [0.1, 0.15) is 11.9 Å². The number of nitrogens with zero attached hydrogens (tertiary/aromatic N) is 3.